The zero-order valence-electron chi connectivity index (χ0n) is 19.3. The SMILES string of the molecule is CN=C(NCc1ccc(C(=O)N2CC(C)OC(C)C2)cc1)N(C)Cc1cc(Cl)cn1C.I. The molecule has 0 radical (unpaired) electrons. The maximum Gasteiger partial charge on any atom is 0.254 e. The van der Waals surface area contributed by atoms with Crippen LogP contribution < -0.4 is 5.32 Å². The van der Waals surface area contributed by atoms with Crippen molar-refractivity contribution in [1.29, 1.82) is 0 Å². The van der Waals surface area contributed by atoms with Gasteiger partial charge >= 0.3 is 0 Å². The maximum absolute atomic E-state index is 12.8. The first-order valence-corrected chi connectivity index (χ1v) is 10.9. The highest BCUT2D eigenvalue weighted by Crippen LogP contribution is 2.16. The molecule has 2 heterocycles. The molecule has 0 saturated carbocycles. The van der Waals surface area contributed by atoms with Gasteiger partial charge in [0.25, 0.3) is 5.91 Å². The summed E-state index contributed by atoms with van der Waals surface area (Å²) in [7, 11) is 5.73. The molecule has 176 valence electrons. The normalized spacial score (nSPS) is 18.8. The molecule has 9 heteroatoms. The molecule has 1 aliphatic heterocycles. The number of rotatable bonds is 5. The van der Waals surface area contributed by atoms with Crippen molar-refractivity contribution in [3.63, 3.8) is 0 Å². The first kappa shape index (κ1) is 26.5. The second-order valence-electron chi connectivity index (χ2n) is 8.18. The Labute approximate surface area is 212 Å². The van der Waals surface area contributed by atoms with Crippen molar-refractivity contribution in [2.24, 2.45) is 12.0 Å². The van der Waals surface area contributed by atoms with E-state index in [2.05, 4.69) is 10.3 Å². The molecule has 2 atom stereocenters. The number of guanidine groups is 1. The second kappa shape index (κ2) is 11.9. The number of halogens is 2. The molecule has 0 spiro atoms. The fourth-order valence-corrected chi connectivity index (χ4v) is 4.17. The monoisotopic (exact) mass is 573 g/mol. The summed E-state index contributed by atoms with van der Waals surface area (Å²) in [4.78, 5) is 21.1. The van der Waals surface area contributed by atoms with E-state index in [0.717, 1.165) is 22.2 Å². The smallest absolute Gasteiger partial charge is 0.254 e. The highest BCUT2D eigenvalue weighted by molar-refractivity contribution is 14.0. The Morgan fingerprint density at radius 3 is 2.41 bits per heavy atom. The summed E-state index contributed by atoms with van der Waals surface area (Å²) in [5, 5.41) is 4.10. The van der Waals surface area contributed by atoms with Crippen LogP contribution in [0.4, 0.5) is 0 Å². The quantitative estimate of drug-likeness (QED) is 0.336. The first-order valence-electron chi connectivity index (χ1n) is 10.5. The van der Waals surface area contributed by atoms with E-state index >= 15 is 0 Å². The average molecular weight is 574 g/mol. The number of nitrogens with one attached hydrogen (secondary N) is 1. The summed E-state index contributed by atoms with van der Waals surface area (Å²) in [5.41, 5.74) is 2.88. The zero-order chi connectivity index (χ0) is 22.5. The number of ether oxygens (including phenoxy) is 1. The van der Waals surface area contributed by atoms with E-state index in [-0.39, 0.29) is 42.1 Å². The van der Waals surface area contributed by atoms with Gasteiger partial charge in [0.2, 0.25) is 0 Å². The van der Waals surface area contributed by atoms with Gasteiger partial charge in [-0.15, -0.1) is 24.0 Å². The van der Waals surface area contributed by atoms with Gasteiger partial charge in [-0.05, 0) is 37.6 Å². The molecule has 2 aromatic rings. The minimum Gasteiger partial charge on any atom is -0.372 e. The summed E-state index contributed by atoms with van der Waals surface area (Å²) in [6.45, 7) is 6.56. The lowest BCUT2D eigenvalue weighted by atomic mass is 10.1. The third kappa shape index (κ3) is 6.86. The minimum atomic E-state index is 0. The van der Waals surface area contributed by atoms with Crippen LogP contribution in [0.2, 0.25) is 5.02 Å². The van der Waals surface area contributed by atoms with Gasteiger partial charge in [-0.2, -0.15) is 0 Å². The summed E-state index contributed by atoms with van der Waals surface area (Å²) in [5.74, 6) is 0.840. The van der Waals surface area contributed by atoms with Crippen molar-refractivity contribution < 1.29 is 9.53 Å². The van der Waals surface area contributed by atoms with Gasteiger partial charge in [0.15, 0.2) is 5.96 Å². The molecule has 1 aliphatic rings. The predicted molar refractivity (Wildman–Crippen MR) is 140 cm³/mol. The Balaban J connectivity index is 0.00000363. The third-order valence-corrected chi connectivity index (χ3v) is 5.61. The van der Waals surface area contributed by atoms with Crippen molar-refractivity contribution in [1.82, 2.24) is 19.7 Å². The Hall–Kier alpha value is -1.78. The average Bonchev–Trinajstić information content (AvgIpc) is 3.04. The number of benzene rings is 1. The molecule has 0 bridgehead atoms. The molecule has 2 unspecified atom stereocenters. The second-order valence-corrected chi connectivity index (χ2v) is 8.62. The molecule has 1 amide bonds. The van der Waals surface area contributed by atoms with Gasteiger partial charge in [0.1, 0.15) is 0 Å². The van der Waals surface area contributed by atoms with Crippen molar-refractivity contribution in [3.05, 3.63) is 58.4 Å². The lowest BCUT2D eigenvalue weighted by Gasteiger charge is -2.35. The lowest BCUT2D eigenvalue weighted by Crippen LogP contribution is -2.48. The number of aromatic nitrogens is 1. The number of aliphatic imine (C=N–C) groups is 1. The van der Waals surface area contributed by atoms with Crippen LogP contribution in [0.15, 0.2) is 41.5 Å². The Kier molecular flexibility index (Phi) is 9.84. The third-order valence-electron chi connectivity index (χ3n) is 5.41. The summed E-state index contributed by atoms with van der Waals surface area (Å²) in [6.07, 6.45) is 2.01. The number of carbonyl (C=O) groups is 1. The molecule has 1 fully saturated rings. The largest absolute Gasteiger partial charge is 0.372 e. The van der Waals surface area contributed by atoms with Crippen molar-refractivity contribution in [2.45, 2.75) is 39.1 Å². The summed E-state index contributed by atoms with van der Waals surface area (Å²) < 4.78 is 7.74. The molecule has 32 heavy (non-hydrogen) atoms. The van der Waals surface area contributed by atoms with Crippen molar-refractivity contribution in [3.8, 4) is 0 Å². The molecular weight excluding hydrogens is 541 g/mol. The molecule has 0 aliphatic carbocycles. The van der Waals surface area contributed by atoms with E-state index < -0.39 is 0 Å². The summed E-state index contributed by atoms with van der Waals surface area (Å²) in [6, 6.07) is 9.71. The number of hydrogen-bond acceptors (Lipinski definition) is 3. The maximum atomic E-state index is 12.8. The van der Waals surface area contributed by atoms with Crippen molar-refractivity contribution in [2.75, 3.05) is 27.2 Å². The van der Waals surface area contributed by atoms with Gasteiger partial charge in [-0.3, -0.25) is 9.79 Å². The van der Waals surface area contributed by atoms with Crippen LogP contribution in [-0.2, 0) is 24.9 Å². The molecule has 1 saturated heterocycles. The fourth-order valence-electron chi connectivity index (χ4n) is 3.90. The van der Waals surface area contributed by atoms with E-state index in [1.54, 1.807) is 7.05 Å². The van der Waals surface area contributed by atoms with Crippen LogP contribution in [-0.4, -0.2) is 65.6 Å². The minimum absolute atomic E-state index is 0. The molecular formula is C23H33ClIN5O2. The molecule has 7 nitrogen and oxygen atoms in total. The van der Waals surface area contributed by atoms with Gasteiger partial charge in [0, 0.05) is 58.2 Å². The van der Waals surface area contributed by atoms with E-state index in [4.69, 9.17) is 16.3 Å². The van der Waals surface area contributed by atoms with Gasteiger partial charge in [0.05, 0.1) is 23.8 Å². The standard InChI is InChI=1S/C23H32ClN5O2.HI/c1-16-12-29(13-17(2)31-16)22(30)19-8-6-18(7-9-19)11-26-23(25-3)28(5)15-21-10-20(24)14-27(21)4;/h6-10,14,16-17H,11-13,15H2,1-5H3,(H,25,26);1H. The zero-order valence-corrected chi connectivity index (χ0v) is 22.4. The Morgan fingerprint density at radius 1 is 1.25 bits per heavy atom. The van der Waals surface area contributed by atoms with Gasteiger partial charge in [-0.25, -0.2) is 0 Å². The van der Waals surface area contributed by atoms with Crippen LogP contribution in [0.1, 0.15) is 35.5 Å². The number of amides is 1. The molecule has 1 aromatic heterocycles. The Bertz CT molecular complexity index is 921. The highest BCUT2D eigenvalue weighted by Gasteiger charge is 2.26. The highest BCUT2D eigenvalue weighted by atomic mass is 127. The molecule has 3 rings (SSSR count). The van der Waals surface area contributed by atoms with E-state index in [1.807, 2.05) is 78.8 Å². The predicted octanol–water partition coefficient (Wildman–Crippen LogP) is 3.75. The van der Waals surface area contributed by atoms with Gasteiger partial charge in [-0.1, -0.05) is 23.7 Å². The van der Waals surface area contributed by atoms with Gasteiger partial charge < -0.3 is 24.4 Å². The van der Waals surface area contributed by atoms with Crippen LogP contribution >= 0.6 is 35.6 Å². The van der Waals surface area contributed by atoms with Crippen molar-refractivity contribution >= 4 is 47.4 Å². The first-order chi connectivity index (χ1) is 14.8. The number of aryl methyl sites for hydroxylation is 1. The lowest BCUT2D eigenvalue weighted by molar-refractivity contribution is -0.0586. The number of morpholine rings is 1. The molecule has 1 N–H and O–H groups in total. The number of hydrogen-bond donors (Lipinski definition) is 1. The topological polar surface area (TPSA) is 62.1 Å². The number of nitrogens with zero attached hydrogens (tertiary/aromatic N) is 4. The Morgan fingerprint density at radius 2 is 1.88 bits per heavy atom. The van der Waals surface area contributed by atoms with Crippen LogP contribution in [0.25, 0.3) is 0 Å². The van der Waals surface area contributed by atoms with Crippen LogP contribution in [0.3, 0.4) is 0 Å². The fraction of sp³-hybridized carbons (Fsp3) is 0.478. The van der Waals surface area contributed by atoms with Crippen LogP contribution in [0, 0.1) is 0 Å². The van der Waals surface area contributed by atoms with Crippen LogP contribution in [0.5, 0.6) is 0 Å². The van der Waals surface area contributed by atoms with E-state index in [9.17, 15) is 4.79 Å². The summed E-state index contributed by atoms with van der Waals surface area (Å²) >= 11 is 6.08. The van der Waals surface area contributed by atoms with E-state index in [0.29, 0.717) is 31.7 Å². The molecule has 1 aromatic carbocycles. The van der Waals surface area contributed by atoms with E-state index in [1.165, 1.54) is 0 Å². The number of carbonyl (C=O) groups excluding carboxylic acids is 1.